The fourth-order valence-electron chi connectivity index (χ4n) is 1.59. The average Bonchev–Trinajstić information content (AvgIpc) is 2.50. The molecule has 0 spiro atoms. The zero-order valence-corrected chi connectivity index (χ0v) is 7.61. The molecule has 1 unspecified atom stereocenters. The van der Waals surface area contributed by atoms with Gasteiger partial charge in [0.05, 0.1) is 6.54 Å². The Morgan fingerprint density at radius 1 is 1.27 bits per heavy atom. The summed E-state index contributed by atoms with van der Waals surface area (Å²) >= 11 is 0. The summed E-state index contributed by atoms with van der Waals surface area (Å²) in [5.74, 6) is -4.29. The van der Waals surface area contributed by atoms with Gasteiger partial charge in [0.2, 0.25) is 0 Å². The predicted molar refractivity (Wildman–Crippen MR) is 46.1 cm³/mol. The van der Waals surface area contributed by atoms with E-state index in [0.717, 1.165) is 18.2 Å². The van der Waals surface area contributed by atoms with Gasteiger partial charge in [0.1, 0.15) is 11.6 Å². The highest BCUT2D eigenvalue weighted by molar-refractivity contribution is 5.25. The van der Waals surface area contributed by atoms with Gasteiger partial charge >= 0.3 is 0 Å². The molecule has 0 bridgehead atoms. The summed E-state index contributed by atoms with van der Waals surface area (Å²) in [6, 6.07) is 1.96. The maximum Gasteiger partial charge on any atom is 0.266 e. The highest BCUT2D eigenvalue weighted by atomic mass is 19.3. The van der Waals surface area contributed by atoms with Crippen LogP contribution >= 0.6 is 0 Å². The van der Waals surface area contributed by atoms with Gasteiger partial charge in [0.25, 0.3) is 5.92 Å². The summed E-state index contributed by atoms with van der Waals surface area (Å²) in [6.07, 6.45) is -0.548. The molecule has 1 nitrogen and oxygen atoms in total. The molecule has 5 heteroatoms. The molecule has 0 amide bonds. The normalized spacial score (nSPS) is 24.4. The highest BCUT2D eigenvalue weighted by Crippen LogP contribution is 2.37. The molecule has 1 aromatic rings. The van der Waals surface area contributed by atoms with Crippen LogP contribution in [0.5, 0.6) is 0 Å². The first-order chi connectivity index (χ1) is 6.98. The molecular formula is C10H8F4N. The second kappa shape index (κ2) is 3.48. The van der Waals surface area contributed by atoms with E-state index < -0.39 is 30.0 Å². The topological polar surface area (TPSA) is 12.0 Å². The molecule has 1 fully saturated rings. The average molecular weight is 218 g/mol. The Kier molecular flexibility index (Phi) is 2.42. The van der Waals surface area contributed by atoms with Crippen molar-refractivity contribution in [3.8, 4) is 0 Å². The lowest BCUT2D eigenvalue weighted by Crippen LogP contribution is -2.12. The smallest absolute Gasteiger partial charge is 0.266 e. The van der Waals surface area contributed by atoms with E-state index in [1.807, 2.05) is 0 Å². The Bertz CT molecular complexity index is 378. The largest absolute Gasteiger partial charge is 0.300 e. The molecule has 1 aliphatic heterocycles. The SMILES string of the molecule is Fc1ccc(F)c(C2CC(F)(F)[CH]N2)c1. The summed E-state index contributed by atoms with van der Waals surface area (Å²) in [6.45, 7) is 0.613. The molecule has 0 aliphatic carbocycles. The van der Waals surface area contributed by atoms with Crippen LogP contribution in [0.25, 0.3) is 0 Å². The Morgan fingerprint density at radius 3 is 2.60 bits per heavy atom. The van der Waals surface area contributed by atoms with Crippen molar-refractivity contribution in [2.45, 2.75) is 18.4 Å². The van der Waals surface area contributed by atoms with Crippen molar-refractivity contribution in [1.29, 1.82) is 0 Å². The van der Waals surface area contributed by atoms with Crippen molar-refractivity contribution in [2.75, 3.05) is 0 Å². The van der Waals surface area contributed by atoms with Gasteiger partial charge in [-0.05, 0) is 18.2 Å². The third kappa shape index (κ3) is 2.12. The van der Waals surface area contributed by atoms with Crippen LogP contribution in [-0.4, -0.2) is 5.92 Å². The lowest BCUT2D eigenvalue weighted by atomic mass is 10.0. The number of nitrogens with one attached hydrogen (secondary N) is 1. The van der Waals surface area contributed by atoms with E-state index in [1.165, 1.54) is 0 Å². The van der Waals surface area contributed by atoms with Crippen molar-refractivity contribution >= 4 is 0 Å². The van der Waals surface area contributed by atoms with Gasteiger partial charge in [-0.1, -0.05) is 0 Å². The molecular weight excluding hydrogens is 210 g/mol. The number of halogens is 4. The first-order valence-corrected chi connectivity index (χ1v) is 4.41. The minimum Gasteiger partial charge on any atom is -0.300 e. The molecule has 1 saturated heterocycles. The molecule has 1 heterocycles. The fraction of sp³-hybridized carbons (Fsp3) is 0.300. The third-order valence-electron chi connectivity index (χ3n) is 2.31. The molecule has 1 aliphatic rings. The Balaban J connectivity index is 2.27. The summed E-state index contributed by atoms with van der Waals surface area (Å²) in [5, 5.41) is 2.35. The van der Waals surface area contributed by atoms with E-state index in [-0.39, 0.29) is 5.56 Å². The zero-order valence-electron chi connectivity index (χ0n) is 7.61. The van der Waals surface area contributed by atoms with E-state index in [9.17, 15) is 17.6 Å². The summed E-state index contributed by atoms with van der Waals surface area (Å²) in [4.78, 5) is 0. The Labute approximate surface area is 84.1 Å². The quantitative estimate of drug-likeness (QED) is 0.714. The van der Waals surface area contributed by atoms with E-state index >= 15 is 0 Å². The van der Waals surface area contributed by atoms with Gasteiger partial charge in [-0.15, -0.1) is 0 Å². The summed E-state index contributed by atoms with van der Waals surface area (Å²) < 4.78 is 51.6. The molecule has 81 valence electrons. The minimum absolute atomic E-state index is 0.0663. The number of hydrogen-bond acceptors (Lipinski definition) is 1. The van der Waals surface area contributed by atoms with Crippen molar-refractivity contribution in [3.63, 3.8) is 0 Å². The van der Waals surface area contributed by atoms with Gasteiger partial charge in [-0.25, -0.2) is 17.6 Å². The lowest BCUT2D eigenvalue weighted by molar-refractivity contribution is 0.0422. The van der Waals surface area contributed by atoms with E-state index in [0.29, 0.717) is 6.54 Å². The molecule has 1 radical (unpaired) electrons. The fourth-order valence-corrected chi connectivity index (χ4v) is 1.59. The number of benzene rings is 1. The van der Waals surface area contributed by atoms with Gasteiger partial charge in [0, 0.05) is 18.0 Å². The second-order valence-corrected chi connectivity index (χ2v) is 3.49. The van der Waals surface area contributed by atoms with E-state index in [2.05, 4.69) is 5.32 Å². The van der Waals surface area contributed by atoms with Crippen molar-refractivity contribution in [2.24, 2.45) is 0 Å². The summed E-state index contributed by atoms with van der Waals surface area (Å²) in [5.41, 5.74) is -0.0663. The van der Waals surface area contributed by atoms with E-state index in [4.69, 9.17) is 0 Å². The molecule has 15 heavy (non-hydrogen) atoms. The number of alkyl halides is 2. The molecule has 0 aromatic heterocycles. The van der Waals surface area contributed by atoms with Crippen LogP contribution in [0, 0.1) is 18.2 Å². The number of rotatable bonds is 1. The van der Waals surface area contributed by atoms with Crippen LogP contribution in [0.1, 0.15) is 18.0 Å². The van der Waals surface area contributed by atoms with Crippen LogP contribution in [-0.2, 0) is 0 Å². The van der Waals surface area contributed by atoms with Crippen molar-refractivity contribution < 1.29 is 17.6 Å². The molecule has 1 aromatic carbocycles. The predicted octanol–water partition coefficient (Wildman–Crippen LogP) is 2.80. The van der Waals surface area contributed by atoms with Crippen LogP contribution in [0.2, 0.25) is 0 Å². The van der Waals surface area contributed by atoms with Gasteiger partial charge < -0.3 is 0 Å². The molecule has 1 atom stereocenters. The Morgan fingerprint density at radius 2 is 2.00 bits per heavy atom. The highest BCUT2D eigenvalue weighted by Gasteiger charge is 2.41. The monoisotopic (exact) mass is 218 g/mol. The van der Waals surface area contributed by atoms with Gasteiger partial charge in [0.15, 0.2) is 0 Å². The standard InChI is InChI=1S/C10H8F4N/c11-6-1-2-8(12)7(3-6)9-4-10(13,14)5-15-9/h1-3,5,9,15H,4H2. The van der Waals surface area contributed by atoms with Crippen LogP contribution in [0.4, 0.5) is 17.6 Å². The minimum atomic E-state index is -2.97. The van der Waals surface area contributed by atoms with Crippen LogP contribution in [0.15, 0.2) is 18.2 Å². The van der Waals surface area contributed by atoms with Crippen LogP contribution in [0.3, 0.4) is 0 Å². The summed E-state index contributed by atoms with van der Waals surface area (Å²) in [7, 11) is 0. The first kappa shape index (κ1) is 10.4. The van der Waals surface area contributed by atoms with Gasteiger partial charge in [-0.3, -0.25) is 5.32 Å². The molecule has 0 saturated carbocycles. The molecule has 1 N–H and O–H groups in total. The zero-order chi connectivity index (χ0) is 11.1. The number of hydrogen-bond donors (Lipinski definition) is 1. The maximum atomic E-state index is 13.2. The van der Waals surface area contributed by atoms with Crippen molar-refractivity contribution in [1.82, 2.24) is 5.32 Å². The lowest BCUT2D eigenvalue weighted by Gasteiger charge is -2.11. The van der Waals surface area contributed by atoms with E-state index in [1.54, 1.807) is 0 Å². The van der Waals surface area contributed by atoms with Crippen LogP contribution < -0.4 is 5.32 Å². The van der Waals surface area contributed by atoms with Gasteiger partial charge in [-0.2, -0.15) is 0 Å². The van der Waals surface area contributed by atoms with Crippen molar-refractivity contribution in [3.05, 3.63) is 41.9 Å². The molecule has 2 rings (SSSR count). The maximum absolute atomic E-state index is 13.2. The first-order valence-electron chi connectivity index (χ1n) is 4.41. The Hall–Kier alpha value is -1.10. The third-order valence-corrected chi connectivity index (χ3v) is 2.31. The second-order valence-electron chi connectivity index (χ2n) is 3.49.